The molecule has 0 radical (unpaired) electrons. The van der Waals surface area contributed by atoms with Crippen molar-refractivity contribution in [2.45, 2.75) is 31.2 Å². The topological polar surface area (TPSA) is 57.8 Å². The van der Waals surface area contributed by atoms with Gasteiger partial charge in [-0.25, -0.2) is 9.37 Å². The van der Waals surface area contributed by atoms with Gasteiger partial charge in [-0.3, -0.25) is 4.79 Å². The Labute approximate surface area is 156 Å². The molecule has 0 saturated carbocycles. The van der Waals surface area contributed by atoms with Crippen LogP contribution >= 0.6 is 11.8 Å². The van der Waals surface area contributed by atoms with Gasteiger partial charge in [0.15, 0.2) is 0 Å². The average Bonchev–Trinajstić information content (AvgIpc) is 3.05. The number of aromatic amines is 1. The van der Waals surface area contributed by atoms with Crippen LogP contribution in [-0.2, 0) is 4.79 Å². The Bertz CT molecular complexity index is 843. The second-order valence-electron chi connectivity index (χ2n) is 6.48. The monoisotopic (exact) mass is 371 g/mol. The van der Waals surface area contributed by atoms with Gasteiger partial charge in [0, 0.05) is 17.1 Å². The maximum atomic E-state index is 12.9. The third-order valence-electron chi connectivity index (χ3n) is 4.10. The Morgan fingerprint density at radius 3 is 2.62 bits per heavy atom. The molecule has 2 aromatic carbocycles. The predicted octanol–water partition coefficient (Wildman–Crippen LogP) is 4.70. The van der Waals surface area contributed by atoms with Gasteiger partial charge in [0.05, 0.1) is 17.1 Å². The Balaban J connectivity index is 1.58. The standard InChI is InChI=1S/C20H22FN3OS/c1-13(2)19(20-22-16-5-3-4-6-17(16)23-20)24-18(25)11-12-26-15-9-7-14(21)8-10-15/h3-10,13,19H,11-12H2,1-2H3,(H,22,23)(H,24,25)/t19-/m0/s1. The van der Waals surface area contributed by atoms with E-state index in [1.54, 1.807) is 23.9 Å². The van der Waals surface area contributed by atoms with Crippen molar-refractivity contribution in [1.82, 2.24) is 15.3 Å². The lowest BCUT2D eigenvalue weighted by Crippen LogP contribution is -2.32. The molecule has 0 aliphatic rings. The zero-order valence-electron chi connectivity index (χ0n) is 14.8. The van der Waals surface area contributed by atoms with Gasteiger partial charge in [0.2, 0.25) is 5.91 Å². The normalized spacial score (nSPS) is 12.5. The van der Waals surface area contributed by atoms with E-state index >= 15 is 0 Å². The number of rotatable bonds is 7. The quantitative estimate of drug-likeness (QED) is 0.592. The summed E-state index contributed by atoms with van der Waals surface area (Å²) in [5, 5.41) is 3.08. The van der Waals surface area contributed by atoms with Gasteiger partial charge in [-0.2, -0.15) is 0 Å². The van der Waals surface area contributed by atoms with E-state index in [-0.39, 0.29) is 23.7 Å². The Kier molecular flexibility index (Phi) is 5.93. The number of thioether (sulfide) groups is 1. The molecule has 0 spiro atoms. The molecule has 1 amide bonds. The summed E-state index contributed by atoms with van der Waals surface area (Å²) in [6, 6.07) is 14.0. The third kappa shape index (κ3) is 4.64. The van der Waals surface area contributed by atoms with Crippen molar-refractivity contribution in [3.8, 4) is 0 Å². The first-order chi connectivity index (χ1) is 12.5. The molecule has 2 N–H and O–H groups in total. The molecule has 3 rings (SSSR count). The van der Waals surface area contributed by atoms with Crippen LogP contribution in [0.2, 0.25) is 0 Å². The van der Waals surface area contributed by atoms with Gasteiger partial charge in [0.25, 0.3) is 0 Å². The number of imidazole rings is 1. The summed E-state index contributed by atoms with van der Waals surface area (Å²) < 4.78 is 12.9. The van der Waals surface area contributed by atoms with Crippen LogP contribution in [0, 0.1) is 11.7 Å². The molecule has 0 bridgehead atoms. The molecule has 0 unspecified atom stereocenters. The number of H-pyrrole nitrogens is 1. The maximum absolute atomic E-state index is 12.9. The van der Waals surface area contributed by atoms with E-state index < -0.39 is 0 Å². The second-order valence-corrected chi connectivity index (χ2v) is 7.65. The summed E-state index contributed by atoms with van der Waals surface area (Å²) in [7, 11) is 0. The molecule has 26 heavy (non-hydrogen) atoms. The Morgan fingerprint density at radius 1 is 1.19 bits per heavy atom. The number of hydrogen-bond donors (Lipinski definition) is 2. The van der Waals surface area contributed by atoms with Crippen molar-refractivity contribution < 1.29 is 9.18 Å². The van der Waals surface area contributed by atoms with Crippen molar-refractivity contribution in [3.05, 3.63) is 60.2 Å². The van der Waals surface area contributed by atoms with Crippen molar-refractivity contribution >= 4 is 28.7 Å². The van der Waals surface area contributed by atoms with Gasteiger partial charge in [-0.05, 0) is 42.3 Å². The highest BCUT2D eigenvalue weighted by Gasteiger charge is 2.21. The number of aromatic nitrogens is 2. The molecule has 1 heterocycles. The average molecular weight is 371 g/mol. The summed E-state index contributed by atoms with van der Waals surface area (Å²) >= 11 is 1.54. The first-order valence-electron chi connectivity index (χ1n) is 8.65. The third-order valence-corrected chi connectivity index (χ3v) is 5.11. The minimum atomic E-state index is -0.252. The summed E-state index contributed by atoms with van der Waals surface area (Å²) in [5.74, 6) is 1.36. The lowest BCUT2D eigenvalue weighted by Gasteiger charge is -2.20. The van der Waals surface area contributed by atoms with Crippen molar-refractivity contribution in [2.75, 3.05) is 5.75 Å². The molecular formula is C20H22FN3OS. The Morgan fingerprint density at radius 2 is 1.92 bits per heavy atom. The fraction of sp³-hybridized carbons (Fsp3) is 0.300. The first kappa shape index (κ1) is 18.5. The molecule has 0 fully saturated rings. The highest BCUT2D eigenvalue weighted by atomic mass is 32.2. The molecule has 1 atom stereocenters. The summed E-state index contributed by atoms with van der Waals surface area (Å²) in [5.41, 5.74) is 1.86. The number of carbonyl (C=O) groups excluding carboxylic acids is 1. The highest BCUT2D eigenvalue weighted by molar-refractivity contribution is 7.99. The van der Waals surface area contributed by atoms with Crippen LogP contribution in [-0.4, -0.2) is 21.6 Å². The smallest absolute Gasteiger partial charge is 0.221 e. The summed E-state index contributed by atoms with van der Waals surface area (Å²) in [4.78, 5) is 21.2. The fourth-order valence-corrected chi connectivity index (χ4v) is 3.56. The zero-order chi connectivity index (χ0) is 18.5. The number of amides is 1. The van der Waals surface area contributed by atoms with Crippen LogP contribution in [0.5, 0.6) is 0 Å². The van der Waals surface area contributed by atoms with Gasteiger partial charge in [0.1, 0.15) is 11.6 Å². The predicted molar refractivity (Wildman–Crippen MR) is 104 cm³/mol. The number of carbonyl (C=O) groups is 1. The van der Waals surface area contributed by atoms with E-state index in [1.807, 2.05) is 24.3 Å². The van der Waals surface area contributed by atoms with Crippen LogP contribution in [0.15, 0.2) is 53.4 Å². The number of para-hydroxylation sites is 2. The van der Waals surface area contributed by atoms with Crippen LogP contribution in [0.4, 0.5) is 4.39 Å². The molecular weight excluding hydrogens is 349 g/mol. The summed E-state index contributed by atoms with van der Waals surface area (Å²) in [6.07, 6.45) is 0.394. The van der Waals surface area contributed by atoms with E-state index in [0.717, 1.165) is 21.8 Å². The number of benzene rings is 2. The van der Waals surface area contributed by atoms with E-state index in [9.17, 15) is 9.18 Å². The molecule has 136 valence electrons. The van der Waals surface area contributed by atoms with Crippen LogP contribution < -0.4 is 5.32 Å². The largest absolute Gasteiger partial charge is 0.346 e. The van der Waals surface area contributed by atoms with Crippen molar-refractivity contribution in [2.24, 2.45) is 5.92 Å². The molecule has 3 aromatic rings. The molecule has 4 nitrogen and oxygen atoms in total. The summed E-state index contributed by atoms with van der Waals surface area (Å²) in [6.45, 7) is 4.12. The van der Waals surface area contributed by atoms with E-state index in [4.69, 9.17) is 0 Å². The Hall–Kier alpha value is -2.34. The fourth-order valence-electron chi connectivity index (χ4n) is 2.71. The minimum absolute atomic E-state index is 0.0150. The lowest BCUT2D eigenvalue weighted by molar-refractivity contribution is -0.121. The van der Waals surface area contributed by atoms with Crippen LogP contribution in [0.1, 0.15) is 32.1 Å². The number of nitrogens with zero attached hydrogens (tertiary/aromatic N) is 1. The van der Waals surface area contributed by atoms with Crippen molar-refractivity contribution in [3.63, 3.8) is 0 Å². The lowest BCUT2D eigenvalue weighted by atomic mass is 10.0. The molecule has 0 aliphatic heterocycles. The van der Waals surface area contributed by atoms with Gasteiger partial charge >= 0.3 is 0 Å². The molecule has 0 aliphatic carbocycles. The molecule has 6 heteroatoms. The van der Waals surface area contributed by atoms with Gasteiger partial charge in [-0.15, -0.1) is 11.8 Å². The van der Waals surface area contributed by atoms with Crippen LogP contribution in [0.3, 0.4) is 0 Å². The SMILES string of the molecule is CC(C)[C@H](NC(=O)CCSc1ccc(F)cc1)c1nc2ccccc2[nH]1. The number of nitrogens with one attached hydrogen (secondary N) is 2. The highest BCUT2D eigenvalue weighted by Crippen LogP contribution is 2.23. The maximum Gasteiger partial charge on any atom is 0.221 e. The molecule has 0 saturated heterocycles. The number of hydrogen-bond acceptors (Lipinski definition) is 3. The first-order valence-corrected chi connectivity index (χ1v) is 9.64. The van der Waals surface area contributed by atoms with E-state index in [2.05, 4.69) is 29.1 Å². The zero-order valence-corrected chi connectivity index (χ0v) is 15.6. The van der Waals surface area contributed by atoms with Gasteiger partial charge in [-0.1, -0.05) is 26.0 Å². The number of fused-ring (bicyclic) bond motifs is 1. The van der Waals surface area contributed by atoms with E-state index in [1.165, 1.54) is 12.1 Å². The van der Waals surface area contributed by atoms with Crippen LogP contribution in [0.25, 0.3) is 11.0 Å². The number of halogens is 1. The van der Waals surface area contributed by atoms with Gasteiger partial charge < -0.3 is 10.3 Å². The second kappa shape index (κ2) is 8.36. The van der Waals surface area contributed by atoms with E-state index in [0.29, 0.717) is 12.2 Å². The molecule has 1 aromatic heterocycles. The van der Waals surface area contributed by atoms with Crippen molar-refractivity contribution in [1.29, 1.82) is 0 Å². The minimum Gasteiger partial charge on any atom is -0.346 e.